The van der Waals surface area contributed by atoms with E-state index in [2.05, 4.69) is 20.8 Å². The molecule has 0 radical (unpaired) electrons. The van der Waals surface area contributed by atoms with Gasteiger partial charge in [0.25, 0.3) is 5.91 Å². The SMILES string of the molecule is CCN1CCN(C(=O)c2ccc(C(C)(C)C)cc2)CCC1=O. The Bertz CT molecular complexity index is 543. The standard InChI is InChI=1S/C18H26N2O2/c1-5-19-12-13-20(11-10-16(19)21)17(22)14-6-8-15(9-7-14)18(2,3)4/h6-9H,5,10-13H2,1-4H3. The lowest BCUT2D eigenvalue weighted by Crippen LogP contribution is -2.35. The van der Waals surface area contributed by atoms with Crippen LogP contribution >= 0.6 is 0 Å². The maximum atomic E-state index is 12.6. The minimum Gasteiger partial charge on any atom is -0.341 e. The Labute approximate surface area is 133 Å². The van der Waals surface area contributed by atoms with Gasteiger partial charge in [0, 0.05) is 38.2 Å². The highest BCUT2D eigenvalue weighted by Gasteiger charge is 2.24. The number of hydrogen-bond acceptors (Lipinski definition) is 2. The van der Waals surface area contributed by atoms with Gasteiger partial charge in [0.2, 0.25) is 5.91 Å². The van der Waals surface area contributed by atoms with Gasteiger partial charge in [-0.3, -0.25) is 9.59 Å². The van der Waals surface area contributed by atoms with Gasteiger partial charge in [-0.15, -0.1) is 0 Å². The third-order valence-corrected chi connectivity index (χ3v) is 4.25. The van der Waals surface area contributed by atoms with E-state index in [0.717, 1.165) is 0 Å². The van der Waals surface area contributed by atoms with Gasteiger partial charge in [-0.2, -0.15) is 0 Å². The summed E-state index contributed by atoms with van der Waals surface area (Å²) >= 11 is 0. The number of carbonyl (C=O) groups is 2. The quantitative estimate of drug-likeness (QED) is 0.843. The molecule has 1 aliphatic rings. The molecule has 2 amide bonds. The van der Waals surface area contributed by atoms with Crippen molar-refractivity contribution in [3.05, 3.63) is 35.4 Å². The smallest absolute Gasteiger partial charge is 0.253 e. The maximum absolute atomic E-state index is 12.6. The topological polar surface area (TPSA) is 40.6 Å². The lowest BCUT2D eigenvalue weighted by molar-refractivity contribution is -0.130. The average Bonchev–Trinajstić information content (AvgIpc) is 2.67. The van der Waals surface area contributed by atoms with Gasteiger partial charge in [-0.1, -0.05) is 32.9 Å². The molecule has 1 aromatic rings. The average molecular weight is 302 g/mol. The van der Waals surface area contributed by atoms with Gasteiger partial charge in [0.15, 0.2) is 0 Å². The molecule has 0 N–H and O–H groups in total. The Morgan fingerprint density at radius 3 is 2.27 bits per heavy atom. The summed E-state index contributed by atoms with van der Waals surface area (Å²) in [5, 5.41) is 0. The van der Waals surface area contributed by atoms with Crippen molar-refractivity contribution < 1.29 is 9.59 Å². The molecule has 4 nitrogen and oxygen atoms in total. The summed E-state index contributed by atoms with van der Waals surface area (Å²) in [6, 6.07) is 7.84. The van der Waals surface area contributed by atoms with E-state index in [-0.39, 0.29) is 17.2 Å². The van der Waals surface area contributed by atoms with E-state index in [9.17, 15) is 9.59 Å². The Morgan fingerprint density at radius 2 is 1.73 bits per heavy atom. The van der Waals surface area contributed by atoms with Crippen LogP contribution in [0.25, 0.3) is 0 Å². The highest BCUT2D eigenvalue weighted by Crippen LogP contribution is 2.22. The van der Waals surface area contributed by atoms with Crippen molar-refractivity contribution in [3.8, 4) is 0 Å². The highest BCUT2D eigenvalue weighted by molar-refractivity contribution is 5.94. The molecule has 1 aliphatic heterocycles. The van der Waals surface area contributed by atoms with E-state index in [4.69, 9.17) is 0 Å². The minimum atomic E-state index is 0.0196. The number of likely N-dealkylation sites (N-methyl/N-ethyl adjacent to an activating group) is 1. The number of benzene rings is 1. The number of carbonyl (C=O) groups excluding carboxylic acids is 2. The van der Waals surface area contributed by atoms with E-state index in [0.29, 0.717) is 38.2 Å². The van der Waals surface area contributed by atoms with Crippen LogP contribution in [0.15, 0.2) is 24.3 Å². The predicted molar refractivity (Wildman–Crippen MR) is 87.9 cm³/mol. The Hall–Kier alpha value is -1.84. The van der Waals surface area contributed by atoms with Crippen LogP contribution in [0, 0.1) is 0 Å². The molecule has 0 bridgehead atoms. The molecule has 1 fully saturated rings. The predicted octanol–water partition coefficient (Wildman–Crippen LogP) is 2.68. The molecule has 0 aromatic heterocycles. The first-order chi connectivity index (χ1) is 10.3. The largest absolute Gasteiger partial charge is 0.341 e. The van der Waals surface area contributed by atoms with Gasteiger partial charge in [-0.05, 0) is 30.0 Å². The van der Waals surface area contributed by atoms with Crippen LogP contribution in [0.2, 0.25) is 0 Å². The lowest BCUT2D eigenvalue weighted by atomic mass is 9.86. The van der Waals surface area contributed by atoms with E-state index in [1.807, 2.05) is 36.1 Å². The second kappa shape index (κ2) is 6.51. The summed E-state index contributed by atoms with van der Waals surface area (Å²) < 4.78 is 0. The normalized spacial score (nSPS) is 16.6. The van der Waals surface area contributed by atoms with Crippen LogP contribution in [0.1, 0.15) is 50.0 Å². The monoisotopic (exact) mass is 302 g/mol. The number of rotatable bonds is 2. The molecule has 0 unspecified atom stereocenters. The molecular formula is C18H26N2O2. The van der Waals surface area contributed by atoms with Gasteiger partial charge >= 0.3 is 0 Å². The number of nitrogens with zero attached hydrogens (tertiary/aromatic N) is 2. The molecule has 22 heavy (non-hydrogen) atoms. The Balaban J connectivity index is 2.09. The Kier molecular flexibility index (Phi) is 4.89. The van der Waals surface area contributed by atoms with Crippen molar-refractivity contribution in [2.45, 2.75) is 39.5 Å². The van der Waals surface area contributed by atoms with Crippen LogP contribution in [0.3, 0.4) is 0 Å². The molecule has 1 aromatic carbocycles. The first-order valence-electron chi connectivity index (χ1n) is 8.00. The fraction of sp³-hybridized carbons (Fsp3) is 0.556. The van der Waals surface area contributed by atoms with E-state index >= 15 is 0 Å². The van der Waals surface area contributed by atoms with Gasteiger partial charge in [0.05, 0.1) is 0 Å². The summed E-state index contributed by atoms with van der Waals surface area (Å²) in [7, 11) is 0. The zero-order valence-electron chi connectivity index (χ0n) is 14.1. The summed E-state index contributed by atoms with van der Waals surface area (Å²) in [6.07, 6.45) is 0.416. The number of hydrogen-bond donors (Lipinski definition) is 0. The van der Waals surface area contributed by atoms with Crippen molar-refractivity contribution in [1.29, 1.82) is 0 Å². The van der Waals surface area contributed by atoms with Crippen molar-refractivity contribution in [3.63, 3.8) is 0 Å². The van der Waals surface area contributed by atoms with Crippen molar-refractivity contribution in [1.82, 2.24) is 9.80 Å². The zero-order valence-corrected chi connectivity index (χ0v) is 14.1. The van der Waals surface area contributed by atoms with Crippen LogP contribution in [0.5, 0.6) is 0 Å². The number of amides is 2. The van der Waals surface area contributed by atoms with Crippen molar-refractivity contribution in [2.24, 2.45) is 0 Å². The fourth-order valence-electron chi connectivity index (χ4n) is 2.70. The summed E-state index contributed by atoms with van der Waals surface area (Å²) in [5.74, 6) is 0.159. The molecule has 2 rings (SSSR count). The first-order valence-corrected chi connectivity index (χ1v) is 8.00. The van der Waals surface area contributed by atoms with Crippen molar-refractivity contribution in [2.75, 3.05) is 26.2 Å². The molecule has 4 heteroatoms. The van der Waals surface area contributed by atoms with Gasteiger partial charge in [0.1, 0.15) is 0 Å². The van der Waals surface area contributed by atoms with E-state index in [1.54, 1.807) is 4.90 Å². The highest BCUT2D eigenvalue weighted by atomic mass is 16.2. The molecule has 1 saturated heterocycles. The van der Waals surface area contributed by atoms with Crippen LogP contribution < -0.4 is 0 Å². The second-order valence-corrected chi connectivity index (χ2v) is 6.84. The molecule has 0 spiro atoms. The summed E-state index contributed by atoms with van der Waals surface area (Å²) in [6.45, 7) is 10.9. The van der Waals surface area contributed by atoms with Gasteiger partial charge < -0.3 is 9.80 Å². The Morgan fingerprint density at radius 1 is 1.09 bits per heavy atom. The third-order valence-electron chi connectivity index (χ3n) is 4.25. The maximum Gasteiger partial charge on any atom is 0.253 e. The summed E-state index contributed by atoms with van der Waals surface area (Å²) in [5.41, 5.74) is 2.00. The third kappa shape index (κ3) is 3.67. The molecule has 1 heterocycles. The zero-order chi connectivity index (χ0) is 16.3. The van der Waals surface area contributed by atoms with Crippen LogP contribution in [-0.2, 0) is 10.2 Å². The second-order valence-electron chi connectivity index (χ2n) is 6.84. The minimum absolute atomic E-state index is 0.0196. The lowest BCUT2D eigenvalue weighted by Gasteiger charge is -2.22. The van der Waals surface area contributed by atoms with E-state index in [1.165, 1.54) is 5.56 Å². The molecule has 120 valence electrons. The molecule has 0 atom stereocenters. The summed E-state index contributed by atoms with van der Waals surface area (Å²) in [4.78, 5) is 28.1. The first kappa shape index (κ1) is 16.5. The van der Waals surface area contributed by atoms with Crippen LogP contribution in [-0.4, -0.2) is 47.8 Å². The van der Waals surface area contributed by atoms with Crippen molar-refractivity contribution >= 4 is 11.8 Å². The van der Waals surface area contributed by atoms with Crippen LogP contribution in [0.4, 0.5) is 0 Å². The van der Waals surface area contributed by atoms with E-state index < -0.39 is 0 Å². The molecule has 0 saturated carbocycles. The van der Waals surface area contributed by atoms with Gasteiger partial charge in [-0.25, -0.2) is 0 Å². The molecular weight excluding hydrogens is 276 g/mol. The molecule has 0 aliphatic carbocycles. The fourth-order valence-corrected chi connectivity index (χ4v) is 2.70.